The molecule has 4 aromatic rings. The number of nitrogens with one attached hydrogen (secondary N) is 1. The van der Waals surface area contributed by atoms with Crippen LogP contribution in [-0.4, -0.2) is 47.1 Å². The molecule has 5 heterocycles. The molecule has 0 amide bonds. The monoisotopic (exact) mass is 378 g/mol. The fourth-order valence-electron chi connectivity index (χ4n) is 4.07. The molecule has 0 aromatic carbocycles. The van der Waals surface area contributed by atoms with Crippen LogP contribution < -0.4 is 10.6 Å². The predicted molar refractivity (Wildman–Crippen MR) is 106 cm³/mol. The van der Waals surface area contributed by atoms with Gasteiger partial charge < -0.3 is 14.5 Å². The zero-order chi connectivity index (χ0) is 19.1. The van der Waals surface area contributed by atoms with Crippen molar-refractivity contribution in [3.8, 4) is 0 Å². The first-order valence-corrected chi connectivity index (χ1v) is 9.69. The number of anilines is 1. The van der Waals surface area contributed by atoms with E-state index in [1.165, 1.54) is 0 Å². The second kappa shape index (κ2) is 6.74. The van der Waals surface area contributed by atoms with E-state index >= 15 is 0 Å². The minimum atomic E-state index is -0.0845. The highest BCUT2D eigenvalue weighted by atomic mass is 16.1. The number of fused-ring (bicyclic) bond motifs is 2. The first kappa shape index (κ1) is 16.9. The van der Waals surface area contributed by atoms with Gasteiger partial charge in [-0.1, -0.05) is 0 Å². The van der Waals surface area contributed by atoms with Crippen LogP contribution in [0, 0.1) is 5.92 Å². The molecule has 0 saturated carbocycles. The van der Waals surface area contributed by atoms with Crippen LogP contribution >= 0.6 is 0 Å². The van der Waals surface area contributed by atoms with Crippen molar-refractivity contribution in [2.24, 2.45) is 5.92 Å². The SMILES string of the molecule is CCn1cnc2c(N3CCC(Cn4c(=O)[nH]c5cccnc54)CC3)ncnc21. The largest absolute Gasteiger partial charge is 0.355 e. The molecule has 0 unspecified atom stereocenters. The van der Waals surface area contributed by atoms with Gasteiger partial charge in [-0.25, -0.2) is 24.7 Å². The number of hydrogen-bond acceptors (Lipinski definition) is 6. The molecular weight excluding hydrogens is 356 g/mol. The lowest BCUT2D eigenvalue weighted by molar-refractivity contribution is 0.356. The van der Waals surface area contributed by atoms with Crippen molar-refractivity contribution in [2.45, 2.75) is 32.9 Å². The summed E-state index contributed by atoms with van der Waals surface area (Å²) in [5, 5.41) is 0. The van der Waals surface area contributed by atoms with Crippen LogP contribution in [-0.2, 0) is 13.1 Å². The first-order chi connectivity index (χ1) is 13.7. The highest BCUT2D eigenvalue weighted by molar-refractivity contribution is 5.83. The van der Waals surface area contributed by atoms with E-state index in [1.807, 2.05) is 23.0 Å². The fourth-order valence-corrected chi connectivity index (χ4v) is 4.07. The van der Waals surface area contributed by atoms with Crippen molar-refractivity contribution in [3.05, 3.63) is 41.5 Å². The van der Waals surface area contributed by atoms with Gasteiger partial charge in [0, 0.05) is 32.4 Å². The molecule has 1 N–H and O–H groups in total. The maximum Gasteiger partial charge on any atom is 0.327 e. The minimum absolute atomic E-state index is 0.0845. The molecule has 1 saturated heterocycles. The van der Waals surface area contributed by atoms with E-state index in [-0.39, 0.29) is 5.69 Å². The van der Waals surface area contributed by atoms with Gasteiger partial charge in [0.25, 0.3) is 0 Å². The number of H-pyrrole nitrogens is 1. The van der Waals surface area contributed by atoms with Crippen molar-refractivity contribution in [2.75, 3.05) is 18.0 Å². The number of piperidine rings is 1. The maximum atomic E-state index is 12.3. The molecule has 0 aliphatic carbocycles. The summed E-state index contributed by atoms with van der Waals surface area (Å²) in [6.07, 6.45) is 7.16. The van der Waals surface area contributed by atoms with Gasteiger partial charge in [0.05, 0.1) is 11.8 Å². The first-order valence-electron chi connectivity index (χ1n) is 9.69. The lowest BCUT2D eigenvalue weighted by Gasteiger charge is -2.32. The van der Waals surface area contributed by atoms with Gasteiger partial charge in [-0.05, 0) is 37.8 Å². The third-order valence-electron chi connectivity index (χ3n) is 5.61. The van der Waals surface area contributed by atoms with E-state index in [2.05, 4.69) is 36.7 Å². The zero-order valence-corrected chi connectivity index (χ0v) is 15.7. The van der Waals surface area contributed by atoms with Gasteiger partial charge in [-0.2, -0.15) is 0 Å². The van der Waals surface area contributed by atoms with Crippen molar-refractivity contribution >= 4 is 28.1 Å². The minimum Gasteiger partial charge on any atom is -0.355 e. The summed E-state index contributed by atoms with van der Waals surface area (Å²) >= 11 is 0. The van der Waals surface area contributed by atoms with E-state index < -0.39 is 0 Å². The number of hydrogen-bond donors (Lipinski definition) is 1. The zero-order valence-electron chi connectivity index (χ0n) is 15.7. The van der Waals surface area contributed by atoms with Crippen LogP contribution in [0.1, 0.15) is 19.8 Å². The van der Waals surface area contributed by atoms with E-state index in [0.717, 1.165) is 60.6 Å². The molecule has 9 nitrogen and oxygen atoms in total. The summed E-state index contributed by atoms with van der Waals surface area (Å²) in [5.41, 5.74) is 3.18. The molecule has 144 valence electrons. The van der Waals surface area contributed by atoms with Crippen LogP contribution in [0.5, 0.6) is 0 Å². The molecule has 9 heteroatoms. The Hall–Kier alpha value is -3.23. The third-order valence-corrected chi connectivity index (χ3v) is 5.61. The molecule has 5 rings (SSSR count). The van der Waals surface area contributed by atoms with E-state index in [1.54, 1.807) is 17.1 Å². The Kier molecular flexibility index (Phi) is 4.07. The van der Waals surface area contributed by atoms with Gasteiger partial charge >= 0.3 is 5.69 Å². The molecule has 28 heavy (non-hydrogen) atoms. The topological polar surface area (TPSA) is 97.5 Å². The Bertz CT molecular complexity index is 1180. The highest BCUT2D eigenvalue weighted by Crippen LogP contribution is 2.27. The number of rotatable bonds is 4. The maximum absolute atomic E-state index is 12.3. The summed E-state index contributed by atoms with van der Waals surface area (Å²) in [6.45, 7) is 5.38. The second-order valence-electron chi connectivity index (χ2n) is 7.25. The fraction of sp³-hybridized carbons (Fsp3) is 0.421. The van der Waals surface area contributed by atoms with Crippen molar-refractivity contribution in [3.63, 3.8) is 0 Å². The Balaban J connectivity index is 1.34. The van der Waals surface area contributed by atoms with Crippen LogP contribution in [0.4, 0.5) is 5.82 Å². The smallest absolute Gasteiger partial charge is 0.327 e. The molecule has 0 atom stereocenters. The quantitative estimate of drug-likeness (QED) is 0.582. The number of aromatic nitrogens is 7. The molecule has 0 radical (unpaired) electrons. The van der Waals surface area contributed by atoms with E-state index in [9.17, 15) is 4.79 Å². The normalized spacial score (nSPS) is 15.7. The van der Waals surface area contributed by atoms with Crippen molar-refractivity contribution in [1.29, 1.82) is 0 Å². The van der Waals surface area contributed by atoms with Gasteiger partial charge in [0.1, 0.15) is 6.33 Å². The number of pyridine rings is 1. The molecule has 0 spiro atoms. The summed E-state index contributed by atoms with van der Waals surface area (Å²) < 4.78 is 3.80. The third kappa shape index (κ3) is 2.74. The summed E-state index contributed by atoms with van der Waals surface area (Å²) in [4.78, 5) is 35.3. The Morgan fingerprint density at radius 1 is 1.14 bits per heavy atom. The Labute approximate surface area is 161 Å². The Morgan fingerprint density at radius 2 is 2.00 bits per heavy atom. The van der Waals surface area contributed by atoms with E-state index in [0.29, 0.717) is 12.5 Å². The molecule has 4 aromatic heterocycles. The summed E-state index contributed by atoms with van der Waals surface area (Å²) in [6, 6.07) is 3.72. The summed E-state index contributed by atoms with van der Waals surface area (Å²) in [5.74, 6) is 1.34. The second-order valence-corrected chi connectivity index (χ2v) is 7.25. The van der Waals surface area contributed by atoms with Crippen molar-refractivity contribution in [1.82, 2.24) is 34.1 Å². The van der Waals surface area contributed by atoms with Crippen LogP contribution in [0.2, 0.25) is 0 Å². The van der Waals surface area contributed by atoms with Gasteiger partial charge in [0.15, 0.2) is 22.6 Å². The lowest BCUT2D eigenvalue weighted by Crippen LogP contribution is -2.36. The number of aryl methyl sites for hydroxylation is 1. The number of imidazole rings is 2. The highest BCUT2D eigenvalue weighted by Gasteiger charge is 2.24. The van der Waals surface area contributed by atoms with Crippen LogP contribution in [0.3, 0.4) is 0 Å². The Morgan fingerprint density at radius 3 is 2.82 bits per heavy atom. The summed E-state index contributed by atoms with van der Waals surface area (Å²) in [7, 11) is 0. The lowest BCUT2D eigenvalue weighted by atomic mass is 9.96. The number of aromatic amines is 1. The van der Waals surface area contributed by atoms with Gasteiger partial charge in [-0.15, -0.1) is 0 Å². The average molecular weight is 378 g/mol. The van der Waals surface area contributed by atoms with E-state index in [4.69, 9.17) is 0 Å². The van der Waals surface area contributed by atoms with Crippen LogP contribution in [0.15, 0.2) is 35.8 Å². The van der Waals surface area contributed by atoms with Gasteiger partial charge in [0.2, 0.25) is 0 Å². The molecule has 1 fully saturated rings. The average Bonchev–Trinajstić information content (AvgIpc) is 3.29. The molecule has 0 bridgehead atoms. The molecule has 1 aliphatic heterocycles. The van der Waals surface area contributed by atoms with Gasteiger partial charge in [-0.3, -0.25) is 4.57 Å². The predicted octanol–water partition coefficient (Wildman–Crippen LogP) is 1.80. The molecular formula is C19H22N8O. The van der Waals surface area contributed by atoms with Crippen molar-refractivity contribution < 1.29 is 0 Å². The standard InChI is InChI=1S/C19H22N8O/c1-2-25-12-23-15-17(25)21-11-22-18(15)26-8-5-13(6-9-26)10-27-16-14(24-19(27)28)4-3-7-20-16/h3-4,7,11-13H,2,5-6,8-10H2,1H3,(H,24,28). The number of nitrogens with zero attached hydrogens (tertiary/aromatic N) is 7. The van der Waals surface area contributed by atoms with Crippen LogP contribution in [0.25, 0.3) is 22.3 Å². The molecule has 1 aliphatic rings.